The van der Waals surface area contributed by atoms with E-state index >= 15 is 0 Å². The first kappa shape index (κ1) is 21.4. The molecule has 0 spiro atoms. The number of aromatic nitrogens is 4. The standard InChI is InChI=1S/C20H16N6.C6H12/c21-19-17(18-5-1-2-11-23-18)13-24-20(26-19)25-16-8-6-14(7-9-16)15-4-3-10-22-12-15;1-2-4-6-5-3-1/h1-13H,(H3,21,24,25,26);1-6H2. The summed E-state index contributed by atoms with van der Waals surface area (Å²) in [6, 6.07) is 17.5. The normalized spacial score (nSPS) is 13.0. The van der Waals surface area contributed by atoms with E-state index in [1.165, 1.54) is 38.5 Å². The maximum absolute atomic E-state index is 6.07. The maximum Gasteiger partial charge on any atom is 0.229 e. The monoisotopic (exact) mass is 424 g/mol. The van der Waals surface area contributed by atoms with E-state index in [0.717, 1.165) is 22.5 Å². The zero-order chi connectivity index (χ0) is 22.0. The third-order valence-corrected chi connectivity index (χ3v) is 5.39. The Morgan fingerprint density at radius 3 is 2.03 bits per heavy atom. The molecule has 3 N–H and O–H groups in total. The van der Waals surface area contributed by atoms with Crippen LogP contribution in [-0.4, -0.2) is 19.9 Å². The molecule has 32 heavy (non-hydrogen) atoms. The number of hydrogen-bond donors (Lipinski definition) is 2. The Bertz CT molecular complexity index is 1080. The average Bonchev–Trinajstić information content (AvgIpc) is 2.87. The summed E-state index contributed by atoms with van der Waals surface area (Å²) in [4.78, 5) is 17.1. The van der Waals surface area contributed by atoms with Crippen molar-refractivity contribution in [2.45, 2.75) is 38.5 Å². The molecule has 1 aliphatic carbocycles. The first-order chi connectivity index (χ1) is 15.8. The predicted octanol–water partition coefficient (Wildman–Crippen LogP) is 6.27. The number of pyridine rings is 2. The van der Waals surface area contributed by atoms with Crippen LogP contribution in [-0.2, 0) is 0 Å². The second kappa shape index (κ2) is 11.0. The van der Waals surface area contributed by atoms with Crippen LogP contribution < -0.4 is 11.1 Å². The van der Waals surface area contributed by atoms with Crippen LogP contribution in [0.3, 0.4) is 0 Å². The highest BCUT2D eigenvalue weighted by Crippen LogP contribution is 2.25. The van der Waals surface area contributed by atoms with Gasteiger partial charge in [0.15, 0.2) is 0 Å². The van der Waals surface area contributed by atoms with Crippen molar-refractivity contribution in [1.29, 1.82) is 0 Å². The lowest BCUT2D eigenvalue weighted by atomic mass is 10.0. The Kier molecular flexibility index (Phi) is 7.37. The van der Waals surface area contributed by atoms with Crippen LogP contribution in [0.4, 0.5) is 17.5 Å². The number of rotatable bonds is 4. The predicted molar refractivity (Wildman–Crippen MR) is 130 cm³/mol. The highest BCUT2D eigenvalue weighted by atomic mass is 15.1. The zero-order valence-electron chi connectivity index (χ0n) is 18.1. The van der Waals surface area contributed by atoms with Crippen LogP contribution in [0.1, 0.15) is 38.5 Å². The van der Waals surface area contributed by atoms with E-state index in [9.17, 15) is 0 Å². The summed E-state index contributed by atoms with van der Waals surface area (Å²) < 4.78 is 0. The lowest BCUT2D eigenvalue weighted by Gasteiger charge is -2.09. The van der Waals surface area contributed by atoms with Gasteiger partial charge in [0.05, 0.1) is 11.3 Å². The fourth-order valence-electron chi connectivity index (χ4n) is 3.64. The quantitative estimate of drug-likeness (QED) is 0.401. The SMILES string of the molecule is C1CCCCC1.Nc1nc(Nc2ccc(-c3cccnc3)cc2)ncc1-c1ccccn1. The molecule has 0 saturated heterocycles. The molecule has 1 aromatic carbocycles. The van der Waals surface area contributed by atoms with Gasteiger partial charge in [0.25, 0.3) is 0 Å². The van der Waals surface area contributed by atoms with Crippen molar-refractivity contribution >= 4 is 17.5 Å². The molecule has 0 radical (unpaired) electrons. The van der Waals surface area contributed by atoms with Gasteiger partial charge in [-0.15, -0.1) is 0 Å². The van der Waals surface area contributed by atoms with Gasteiger partial charge in [-0.05, 0) is 41.5 Å². The van der Waals surface area contributed by atoms with E-state index in [4.69, 9.17) is 5.73 Å². The van der Waals surface area contributed by atoms with Gasteiger partial charge >= 0.3 is 0 Å². The summed E-state index contributed by atoms with van der Waals surface area (Å²) in [6.45, 7) is 0. The first-order valence-electron chi connectivity index (χ1n) is 11.1. The Labute approximate surface area is 189 Å². The summed E-state index contributed by atoms with van der Waals surface area (Å²) in [5.41, 5.74) is 10.6. The Balaban J connectivity index is 0.000000354. The molecule has 1 saturated carbocycles. The molecule has 0 amide bonds. The third kappa shape index (κ3) is 5.88. The van der Waals surface area contributed by atoms with Crippen LogP contribution in [0.2, 0.25) is 0 Å². The highest BCUT2D eigenvalue weighted by Gasteiger charge is 2.08. The van der Waals surface area contributed by atoms with Crippen LogP contribution in [0, 0.1) is 0 Å². The molecule has 1 fully saturated rings. The van der Waals surface area contributed by atoms with Gasteiger partial charge in [0.1, 0.15) is 5.82 Å². The van der Waals surface area contributed by atoms with Crippen LogP contribution >= 0.6 is 0 Å². The Hall–Kier alpha value is -3.80. The van der Waals surface area contributed by atoms with Crippen molar-refractivity contribution in [3.8, 4) is 22.4 Å². The van der Waals surface area contributed by atoms with Gasteiger partial charge in [0.2, 0.25) is 5.95 Å². The molecule has 1 aliphatic rings. The summed E-state index contributed by atoms with van der Waals surface area (Å²) in [7, 11) is 0. The molecule has 3 heterocycles. The maximum atomic E-state index is 6.07. The van der Waals surface area contributed by atoms with E-state index in [-0.39, 0.29) is 0 Å². The number of anilines is 3. The van der Waals surface area contributed by atoms with Gasteiger partial charge in [0, 0.05) is 30.5 Å². The minimum absolute atomic E-state index is 0.383. The summed E-state index contributed by atoms with van der Waals surface area (Å²) in [6.07, 6.45) is 16.0. The largest absolute Gasteiger partial charge is 0.383 e. The van der Waals surface area contributed by atoms with Crippen molar-refractivity contribution in [2.75, 3.05) is 11.1 Å². The number of nitrogens with one attached hydrogen (secondary N) is 1. The molecule has 4 aromatic rings. The summed E-state index contributed by atoms with van der Waals surface area (Å²) in [5, 5.41) is 3.16. The summed E-state index contributed by atoms with van der Waals surface area (Å²) >= 11 is 0. The summed E-state index contributed by atoms with van der Waals surface area (Å²) in [5.74, 6) is 0.824. The van der Waals surface area contributed by atoms with Crippen LogP contribution in [0.25, 0.3) is 22.4 Å². The minimum atomic E-state index is 0.383. The van der Waals surface area contributed by atoms with Crippen molar-refractivity contribution in [2.24, 2.45) is 0 Å². The highest BCUT2D eigenvalue weighted by molar-refractivity contribution is 5.72. The molecule has 0 bridgehead atoms. The number of hydrogen-bond acceptors (Lipinski definition) is 6. The van der Waals surface area contributed by atoms with Gasteiger partial charge in [-0.3, -0.25) is 9.97 Å². The molecular weight excluding hydrogens is 396 g/mol. The lowest BCUT2D eigenvalue weighted by molar-refractivity contribution is 0.504. The minimum Gasteiger partial charge on any atom is -0.383 e. The lowest BCUT2D eigenvalue weighted by Crippen LogP contribution is -2.02. The fraction of sp³-hybridized carbons (Fsp3) is 0.231. The van der Waals surface area contributed by atoms with Crippen LogP contribution in [0.5, 0.6) is 0 Å². The zero-order valence-corrected chi connectivity index (χ0v) is 18.1. The Morgan fingerprint density at radius 2 is 1.44 bits per heavy atom. The first-order valence-corrected chi connectivity index (χ1v) is 11.1. The third-order valence-electron chi connectivity index (χ3n) is 5.39. The number of nitrogens with zero attached hydrogens (tertiary/aromatic N) is 4. The molecular formula is C26H28N6. The van der Waals surface area contributed by atoms with Gasteiger partial charge in [-0.2, -0.15) is 4.98 Å². The molecule has 0 atom stereocenters. The Morgan fingerprint density at radius 1 is 0.688 bits per heavy atom. The van der Waals surface area contributed by atoms with Crippen molar-refractivity contribution in [1.82, 2.24) is 19.9 Å². The van der Waals surface area contributed by atoms with E-state index in [1.54, 1.807) is 18.6 Å². The molecule has 6 heteroatoms. The molecule has 0 unspecified atom stereocenters. The van der Waals surface area contributed by atoms with Gasteiger partial charge < -0.3 is 11.1 Å². The smallest absolute Gasteiger partial charge is 0.229 e. The van der Waals surface area contributed by atoms with E-state index in [1.807, 2.05) is 60.8 Å². The second-order valence-corrected chi connectivity index (χ2v) is 7.77. The van der Waals surface area contributed by atoms with Crippen LogP contribution in [0.15, 0.2) is 79.4 Å². The molecule has 6 nitrogen and oxygen atoms in total. The molecule has 162 valence electrons. The molecule has 3 aromatic heterocycles. The van der Waals surface area contributed by atoms with Crippen molar-refractivity contribution < 1.29 is 0 Å². The van der Waals surface area contributed by atoms with E-state index < -0.39 is 0 Å². The molecule has 0 aliphatic heterocycles. The van der Waals surface area contributed by atoms with Crippen molar-refractivity contribution in [3.05, 3.63) is 79.4 Å². The number of nitrogen functional groups attached to an aromatic ring is 1. The topological polar surface area (TPSA) is 89.6 Å². The van der Waals surface area contributed by atoms with E-state index in [0.29, 0.717) is 17.3 Å². The number of nitrogens with two attached hydrogens (primary N) is 1. The fourth-order valence-corrected chi connectivity index (χ4v) is 3.64. The van der Waals surface area contributed by atoms with Crippen molar-refractivity contribution in [3.63, 3.8) is 0 Å². The van der Waals surface area contributed by atoms with E-state index in [2.05, 4.69) is 25.3 Å². The molecule has 5 rings (SSSR count). The number of benzene rings is 1. The second-order valence-electron chi connectivity index (χ2n) is 7.77. The average molecular weight is 425 g/mol. The van der Waals surface area contributed by atoms with Gasteiger partial charge in [-0.1, -0.05) is 62.8 Å². The van der Waals surface area contributed by atoms with Gasteiger partial charge in [-0.25, -0.2) is 4.98 Å².